The summed E-state index contributed by atoms with van der Waals surface area (Å²) in [5, 5.41) is 8.48. The van der Waals surface area contributed by atoms with Crippen LogP contribution in [0.1, 0.15) is 31.0 Å². The molecule has 2 aromatic heterocycles. The monoisotopic (exact) mass is 388 g/mol. The Balaban J connectivity index is 1.48. The summed E-state index contributed by atoms with van der Waals surface area (Å²) in [5.74, 6) is 0.0746. The molecule has 2 N–H and O–H groups in total. The molecule has 0 aliphatic heterocycles. The maximum Gasteiger partial charge on any atom is 0.220 e. The lowest BCUT2D eigenvalue weighted by atomic mass is 10.1. The van der Waals surface area contributed by atoms with Gasteiger partial charge >= 0.3 is 0 Å². The Labute approximate surface area is 149 Å². The van der Waals surface area contributed by atoms with Crippen LogP contribution in [0.2, 0.25) is 0 Å². The first-order valence-corrected chi connectivity index (χ1v) is 9.00. The van der Waals surface area contributed by atoms with Crippen LogP contribution in [-0.2, 0) is 24.3 Å². The average Bonchev–Trinajstić information content (AvgIpc) is 3.16. The van der Waals surface area contributed by atoms with E-state index in [4.69, 9.17) is 0 Å². The number of benzene rings is 1. The molecular formula is C18H21BrN4O. The third-order valence-electron chi connectivity index (χ3n) is 4.18. The predicted molar refractivity (Wildman–Crippen MR) is 98.7 cm³/mol. The van der Waals surface area contributed by atoms with Gasteiger partial charge in [-0.1, -0.05) is 18.2 Å². The van der Waals surface area contributed by atoms with Crippen molar-refractivity contribution in [3.8, 4) is 0 Å². The third-order valence-corrected chi connectivity index (χ3v) is 4.84. The molecule has 1 amide bonds. The zero-order valence-electron chi connectivity index (χ0n) is 13.7. The van der Waals surface area contributed by atoms with Gasteiger partial charge in [0.05, 0.1) is 22.9 Å². The van der Waals surface area contributed by atoms with E-state index in [9.17, 15) is 4.79 Å². The highest BCUT2D eigenvalue weighted by Gasteiger charge is 2.10. The van der Waals surface area contributed by atoms with E-state index < -0.39 is 0 Å². The molecule has 0 atom stereocenters. The van der Waals surface area contributed by atoms with Crippen molar-refractivity contribution in [2.24, 2.45) is 0 Å². The maximum absolute atomic E-state index is 12.1. The smallest absolute Gasteiger partial charge is 0.220 e. The second-order valence-corrected chi connectivity index (χ2v) is 6.60. The molecule has 0 fully saturated rings. The van der Waals surface area contributed by atoms with Gasteiger partial charge in [-0.2, -0.15) is 5.10 Å². The van der Waals surface area contributed by atoms with Gasteiger partial charge in [-0.25, -0.2) is 0 Å². The van der Waals surface area contributed by atoms with Gasteiger partial charge in [0.25, 0.3) is 0 Å². The number of para-hydroxylation sites is 1. The molecule has 5 nitrogen and oxygen atoms in total. The van der Waals surface area contributed by atoms with Crippen molar-refractivity contribution in [2.75, 3.05) is 0 Å². The predicted octanol–water partition coefficient (Wildman–Crippen LogP) is 3.79. The van der Waals surface area contributed by atoms with E-state index in [-0.39, 0.29) is 5.91 Å². The molecule has 0 aliphatic rings. The van der Waals surface area contributed by atoms with E-state index in [1.54, 1.807) is 6.20 Å². The molecular weight excluding hydrogens is 368 g/mol. The lowest BCUT2D eigenvalue weighted by Crippen LogP contribution is -2.24. The number of aromatic amines is 1. The maximum atomic E-state index is 12.1. The lowest BCUT2D eigenvalue weighted by Gasteiger charge is -2.08. The highest BCUT2D eigenvalue weighted by atomic mass is 79.9. The fourth-order valence-corrected chi connectivity index (χ4v) is 3.32. The third kappa shape index (κ3) is 3.70. The molecule has 1 aromatic carbocycles. The summed E-state index contributed by atoms with van der Waals surface area (Å²) >= 11 is 3.47. The summed E-state index contributed by atoms with van der Waals surface area (Å²) in [5.41, 5.74) is 3.42. The Morgan fingerprint density at radius 2 is 2.21 bits per heavy atom. The van der Waals surface area contributed by atoms with Crippen LogP contribution in [0.3, 0.4) is 0 Å². The minimum absolute atomic E-state index is 0.0746. The molecule has 6 heteroatoms. The average molecular weight is 389 g/mol. The number of hydrogen-bond donors (Lipinski definition) is 2. The van der Waals surface area contributed by atoms with Crippen LogP contribution >= 0.6 is 15.9 Å². The van der Waals surface area contributed by atoms with Gasteiger partial charge < -0.3 is 10.3 Å². The zero-order chi connectivity index (χ0) is 16.9. The molecule has 3 rings (SSSR count). The molecule has 0 unspecified atom stereocenters. The lowest BCUT2D eigenvalue weighted by molar-refractivity contribution is -0.121. The van der Waals surface area contributed by atoms with E-state index in [0.717, 1.165) is 35.1 Å². The molecule has 0 radical (unpaired) electrons. The fraction of sp³-hybridized carbons (Fsp3) is 0.333. The number of hydrogen-bond acceptors (Lipinski definition) is 2. The first-order valence-electron chi connectivity index (χ1n) is 8.21. The van der Waals surface area contributed by atoms with Gasteiger partial charge in [-0.3, -0.25) is 9.48 Å². The summed E-state index contributed by atoms with van der Waals surface area (Å²) in [6.45, 7) is 3.32. The summed E-state index contributed by atoms with van der Waals surface area (Å²) < 4.78 is 2.82. The number of nitrogens with zero attached hydrogens (tertiary/aromatic N) is 2. The van der Waals surface area contributed by atoms with Gasteiger partial charge in [0.15, 0.2) is 0 Å². The molecule has 0 bridgehead atoms. The molecule has 24 heavy (non-hydrogen) atoms. The number of nitrogens with one attached hydrogen (secondary N) is 2. The first-order chi connectivity index (χ1) is 11.7. The second kappa shape index (κ2) is 7.66. The normalized spacial score (nSPS) is 11.1. The molecule has 0 aliphatic carbocycles. The van der Waals surface area contributed by atoms with Crippen LogP contribution in [0.25, 0.3) is 10.9 Å². The highest BCUT2D eigenvalue weighted by molar-refractivity contribution is 9.10. The number of aromatic nitrogens is 3. The van der Waals surface area contributed by atoms with E-state index in [2.05, 4.69) is 43.5 Å². The molecule has 126 valence electrons. The Morgan fingerprint density at radius 1 is 1.38 bits per heavy atom. The molecule has 0 saturated heterocycles. The van der Waals surface area contributed by atoms with Crippen LogP contribution in [0.4, 0.5) is 0 Å². The fourth-order valence-electron chi connectivity index (χ4n) is 2.88. The van der Waals surface area contributed by atoms with Crippen molar-refractivity contribution in [2.45, 2.75) is 39.3 Å². The van der Waals surface area contributed by atoms with E-state index in [0.29, 0.717) is 13.0 Å². The number of carbonyl (C=O) groups excluding carboxylic acids is 1. The van der Waals surface area contributed by atoms with E-state index in [1.807, 2.05) is 29.9 Å². The number of rotatable bonds is 7. The summed E-state index contributed by atoms with van der Waals surface area (Å²) in [4.78, 5) is 15.4. The standard InChI is InChI=1S/C18H21BrN4O/c1-2-23-17(15(19)11-22-23)12-21-18(24)9-5-6-13-10-20-16-8-4-3-7-14(13)16/h3-4,7-8,10-11,20H,2,5-6,9,12H2,1H3,(H,21,24). The second-order valence-electron chi connectivity index (χ2n) is 5.74. The molecule has 0 saturated carbocycles. The van der Waals surface area contributed by atoms with Crippen LogP contribution < -0.4 is 5.32 Å². The first kappa shape index (κ1) is 16.8. The van der Waals surface area contributed by atoms with Crippen molar-refractivity contribution >= 4 is 32.7 Å². The van der Waals surface area contributed by atoms with Crippen molar-refractivity contribution in [1.29, 1.82) is 0 Å². The highest BCUT2D eigenvalue weighted by Crippen LogP contribution is 2.19. The Bertz CT molecular complexity index is 837. The van der Waals surface area contributed by atoms with Crippen LogP contribution in [-0.4, -0.2) is 20.7 Å². The van der Waals surface area contributed by atoms with Crippen molar-refractivity contribution < 1.29 is 4.79 Å². The Hall–Kier alpha value is -2.08. The van der Waals surface area contributed by atoms with Gasteiger partial charge in [0.1, 0.15) is 0 Å². The van der Waals surface area contributed by atoms with Gasteiger partial charge in [-0.15, -0.1) is 0 Å². The van der Waals surface area contributed by atoms with Crippen LogP contribution in [0, 0.1) is 0 Å². The minimum atomic E-state index is 0.0746. The summed E-state index contributed by atoms with van der Waals surface area (Å²) in [7, 11) is 0. The number of H-pyrrole nitrogens is 1. The van der Waals surface area contributed by atoms with E-state index >= 15 is 0 Å². The van der Waals surface area contributed by atoms with Crippen LogP contribution in [0.15, 0.2) is 41.1 Å². The van der Waals surface area contributed by atoms with E-state index in [1.165, 1.54) is 10.9 Å². The Morgan fingerprint density at radius 3 is 3.04 bits per heavy atom. The molecule has 2 heterocycles. The minimum Gasteiger partial charge on any atom is -0.361 e. The number of halogens is 1. The van der Waals surface area contributed by atoms with Gasteiger partial charge in [0, 0.05) is 30.1 Å². The Kier molecular flexibility index (Phi) is 5.35. The molecule has 0 spiro atoms. The topological polar surface area (TPSA) is 62.7 Å². The van der Waals surface area contributed by atoms with Crippen molar-refractivity contribution in [3.05, 3.63) is 52.4 Å². The molecule has 3 aromatic rings. The zero-order valence-corrected chi connectivity index (χ0v) is 15.3. The van der Waals surface area contributed by atoms with Crippen LogP contribution in [0.5, 0.6) is 0 Å². The summed E-state index contributed by atoms with van der Waals surface area (Å²) in [6.07, 6.45) is 6.06. The van der Waals surface area contributed by atoms with Gasteiger partial charge in [0.2, 0.25) is 5.91 Å². The SMILES string of the molecule is CCn1ncc(Br)c1CNC(=O)CCCc1c[nH]c2ccccc12. The number of carbonyl (C=O) groups is 1. The summed E-state index contributed by atoms with van der Waals surface area (Å²) in [6, 6.07) is 8.25. The number of fused-ring (bicyclic) bond motifs is 1. The van der Waals surface area contributed by atoms with Crippen molar-refractivity contribution in [3.63, 3.8) is 0 Å². The largest absolute Gasteiger partial charge is 0.361 e. The van der Waals surface area contributed by atoms with Gasteiger partial charge in [-0.05, 0) is 47.3 Å². The van der Waals surface area contributed by atoms with Crippen molar-refractivity contribution in [1.82, 2.24) is 20.1 Å². The number of amides is 1. The number of aryl methyl sites for hydroxylation is 2. The quantitative estimate of drug-likeness (QED) is 0.646.